The average Bonchev–Trinajstić information content (AvgIpc) is 3.28. The lowest BCUT2D eigenvalue weighted by molar-refractivity contribution is -0.129. The number of esters is 1. The number of nitrogens with zero attached hydrogens (tertiary/aromatic N) is 3. The fraction of sp³-hybridized carbons (Fsp3) is 0.526. The van der Waals surface area contributed by atoms with Crippen LogP contribution in [0.5, 0.6) is 0 Å². The van der Waals surface area contributed by atoms with Crippen molar-refractivity contribution in [3.8, 4) is 0 Å². The van der Waals surface area contributed by atoms with Crippen LogP contribution in [0.2, 0.25) is 0 Å². The van der Waals surface area contributed by atoms with E-state index in [1.54, 1.807) is 19.1 Å². The lowest BCUT2D eigenvalue weighted by Gasteiger charge is -2.19. The standard InChI is InChI=1S/C19H25N3O3S/c1-4-22-16-9-8-14(18(24)25-5-2)12-15(16)20-19(22)26-13(3)17(23)21-10-6-7-11-21/h8-9,12-13H,4-7,10-11H2,1-3H3/t13-/m1/s1. The van der Waals surface area contributed by atoms with Crippen molar-refractivity contribution in [2.45, 2.75) is 50.6 Å². The van der Waals surface area contributed by atoms with Crippen LogP contribution in [-0.4, -0.2) is 51.3 Å². The molecular formula is C19H25N3O3S. The summed E-state index contributed by atoms with van der Waals surface area (Å²) in [6.07, 6.45) is 2.18. The highest BCUT2D eigenvalue weighted by molar-refractivity contribution is 8.00. The predicted molar refractivity (Wildman–Crippen MR) is 102 cm³/mol. The first-order valence-electron chi connectivity index (χ1n) is 9.18. The van der Waals surface area contributed by atoms with Gasteiger partial charge in [-0.2, -0.15) is 0 Å². The van der Waals surface area contributed by atoms with Crippen molar-refractivity contribution >= 4 is 34.7 Å². The van der Waals surface area contributed by atoms with Gasteiger partial charge in [0.05, 0.1) is 28.5 Å². The molecule has 26 heavy (non-hydrogen) atoms. The summed E-state index contributed by atoms with van der Waals surface area (Å²) in [5.41, 5.74) is 2.21. The van der Waals surface area contributed by atoms with Gasteiger partial charge in [-0.25, -0.2) is 9.78 Å². The summed E-state index contributed by atoms with van der Waals surface area (Å²) in [5, 5.41) is 0.628. The third-order valence-corrected chi connectivity index (χ3v) is 5.67. The second-order valence-electron chi connectivity index (χ2n) is 6.36. The molecule has 1 atom stereocenters. The molecule has 1 aliphatic rings. The van der Waals surface area contributed by atoms with E-state index in [9.17, 15) is 9.59 Å². The number of benzene rings is 1. The molecule has 1 saturated heterocycles. The van der Waals surface area contributed by atoms with Crippen LogP contribution in [0.15, 0.2) is 23.4 Å². The van der Waals surface area contributed by atoms with Gasteiger partial charge in [0.25, 0.3) is 0 Å². The Balaban J connectivity index is 1.85. The van der Waals surface area contributed by atoms with Gasteiger partial charge in [0.15, 0.2) is 5.16 Å². The Labute approximate surface area is 157 Å². The second-order valence-corrected chi connectivity index (χ2v) is 7.66. The summed E-state index contributed by atoms with van der Waals surface area (Å²) in [4.78, 5) is 31.2. The van der Waals surface area contributed by atoms with Gasteiger partial charge in [-0.1, -0.05) is 11.8 Å². The third kappa shape index (κ3) is 3.72. The minimum atomic E-state index is -0.341. The van der Waals surface area contributed by atoms with E-state index in [1.165, 1.54) is 11.8 Å². The number of carbonyl (C=O) groups excluding carboxylic acids is 2. The van der Waals surface area contributed by atoms with Gasteiger partial charge in [0, 0.05) is 19.6 Å². The van der Waals surface area contributed by atoms with E-state index < -0.39 is 0 Å². The van der Waals surface area contributed by atoms with Gasteiger partial charge in [0.2, 0.25) is 5.91 Å². The van der Waals surface area contributed by atoms with E-state index >= 15 is 0 Å². The number of aryl methyl sites for hydroxylation is 1. The maximum Gasteiger partial charge on any atom is 0.338 e. The molecule has 2 aromatic rings. The molecular weight excluding hydrogens is 350 g/mol. The zero-order valence-corrected chi connectivity index (χ0v) is 16.3. The van der Waals surface area contributed by atoms with Gasteiger partial charge in [-0.3, -0.25) is 4.79 Å². The van der Waals surface area contributed by atoms with Crippen molar-refractivity contribution in [1.29, 1.82) is 0 Å². The normalized spacial score (nSPS) is 15.4. The Morgan fingerprint density at radius 1 is 1.27 bits per heavy atom. The molecule has 1 aromatic carbocycles. The van der Waals surface area contributed by atoms with Crippen LogP contribution in [-0.2, 0) is 16.1 Å². The average molecular weight is 375 g/mol. The van der Waals surface area contributed by atoms with E-state index in [-0.39, 0.29) is 17.1 Å². The van der Waals surface area contributed by atoms with Crippen LogP contribution < -0.4 is 0 Å². The minimum Gasteiger partial charge on any atom is -0.462 e. The topological polar surface area (TPSA) is 64.4 Å². The van der Waals surface area contributed by atoms with Crippen molar-refractivity contribution in [3.05, 3.63) is 23.8 Å². The fourth-order valence-corrected chi connectivity index (χ4v) is 4.32. The van der Waals surface area contributed by atoms with Crippen molar-refractivity contribution in [2.24, 2.45) is 0 Å². The lowest BCUT2D eigenvalue weighted by Crippen LogP contribution is -2.34. The molecule has 0 saturated carbocycles. The maximum absolute atomic E-state index is 12.6. The van der Waals surface area contributed by atoms with E-state index in [0.29, 0.717) is 12.2 Å². The van der Waals surface area contributed by atoms with Gasteiger partial charge in [-0.15, -0.1) is 0 Å². The molecule has 0 spiro atoms. The smallest absolute Gasteiger partial charge is 0.338 e. The minimum absolute atomic E-state index is 0.175. The fourth-order valence-electron chi connectivity index (χ4n) is 3.25. The van der Waals surface area contributed by atoms with E-state index in [0.717, 1.165) is 48.7 Å². The molecule has 6 nitrogen and oxygen atoms in total. The number of rotatable bonds is 6. The summed E-state index contributed by atoms with van der Waals surface area (Å²) in [6.45, 7) is 8.59. The van der Waals surface area contributed by atoms with Crippen molar-refractivity contribution in [2.75, 3.05) is 19.7 Å². The molecule has 0 aliphatic carbocycles. The van der Waals surface area contributed by atoms with Crippen LogP contribution in [0, 0.1) is 0 Å². The van der Waals surface area contributed by atoms with Gasteiger partial charge < -0.3 is 14.2 Å². The molecule has 0 bridgehead atoms. The molecule has 7 heteroatoms. The number of likely N-dealkylation sites (tertiary alicyclic amines) is 1. The van der Waals surface area contributed by atoms with Crippen LogP contribution in [0.4, 0.5) is 0 Å². The number of imidazole rings is 1. The van der Waals surface area contributed by atoms with E-state index in [4.69, 9.17) is 4.74 Å². The molecule has 0 N–H and O–H groups in total. The maximum atomic E-state index is 12.6. The van der Waals surface area contributed by atoms with Crippen molar-refractivity contribution < 1.29 is 14.3 Å². The van der Waals surface area contributed by atoms with Crippen molar-refractivity contribution in [1.82, 2.24) is 14.5 Å². The molecule has 1 fully saturated rings. The number of fused-ring (bicyclic) bond motifs is 1. The highest BCUT2D eigenvalue weighted by Gasteiger charge is 2.25. The first-order valence-corrected chi connectivity index (χ1v) is 10.1. The third-order valence-electron chi connectivity index (χ3n) is 4.59. The van der Waals surface area contributed by atoms with Crippen LogP contribution in [0.3, 0.4) is 0 Å². The number of hydrogen-bond donors (Lipinski definition) is 0. The molecule has 140 valence electrons. The quantitative estimate of drug-likeness (QED) is 0.572. The van der Waals surface area contributed by atoms with Crippen LogP contribution in [0.25, 0.3) is 11.0 Å². The number of hydrogen-bond acceptors (Lipinski definition) is 5. The zero-order chi connectivity index (χ0) is 18.7. The number of carbonyl (C=O) groups is 2. The monoisotopic (exact) mass is 375 g/mol. The summed E-state index contributed by atoms with van der Waals surface area (Å²) in [5.74, 6) is -0.165. The first-order chi connectivity index (χ1) is 12.5. The highest BCUT2D eigenvalue weighted by atomic mass is 32.2. The predicted octanol–water partition coefficient (Wildman–Crippen LogP) is 3.34. The highest BCUT2D eigenvalue weighted by Crippen LogP contribution is 2.29. The Morgan fingerprint density at radius 3 is 2.65 bits per heavy atom. The van der Waals surface area contributed by atoms with Gasteiger partial charge in [0.1, 0.15) is 0 Å². The molecule has 0 radical (unpaired) electrons. The summed E-state index contributed by atoms with van der Waals surface area (Å²) >= 11 is 1.48. The lowest BCUT2D eigenvalue weighted by atomic mass is 10.2. The second kappa shape index (κ2) is 8.12. The number of thioether (sulfide) groups is 1. The van der Waals surface area contributed by atoms with E-state index in [1.807, 2.05) is 17.9 Å². The molecule has 2 heterocycles. The van der Waals surface area contributed by atoms with Gasteiger partial charge in [-0.05, 0) is 51.8 Å². The molecule has 0 unspecified atom stereocenters. The Bertz CT molecular complexity index is 812. The number of aromatic nitrogens is 2. The summed E-state index contributed by atoms with van der Waals surface area (Å²) < 4.78 is 7.15. The Morgan fingerprint density at radius 2 is 2.00 bits per heavy atom. The Hall–Kier alpha value is -2.02. The van der Waals surface area contributed by atoms with Crippen LogP contribution >= 0.6 is 11.8 Å². The van der Waals surface area contributed by atoms with Gasteiger partial charge >= 0.3 is 5.97 Å². The molecule has 1 amide bonds. The Kier molecular flexibility index (Phi) is 5.86. The SMILES string of the molecule is CCOC(=O)c1ccc2c(c1)nc(S[C@H](C)C(=O)N1CCCC1)n2CC. The van der Waals surface area contributed by atoms with E-state index in [2.05, 4.69) is 16.5 Å². The largest absolute Gasteiger partial charge is 0.462 e. The van der Waals surface area contributed by atoms with Crippen LogP contribution in [0.1, 0.15) is 44.0 Å². The summed E-state index contributed by atoms with van der Waals surface area (Å²) in [7, 11) is 0. The van der Waals surface area contributed by atoms with Crippen molar-refractivity contribution in [3.63, 3.8) is 0 Å². The molecule has 3 rings (SSSR count). The first kappa shape index (κ1) is 18.8. The zero-order valence-electron chi connectivity index (χ0n) is 15.5. The number of amides is 1. The number of ether oxygens (including phenoxy) is 1. The summed E-state index contributed by atoms with van der Waals surface area (Å²) in [6, 6.07) is 5.42. The molecule has 1 aliphatic heterocycles. The molecule has 1 aromatic heterocycles.